The van der Waals surface area contributed by atoms with Crippen LogP contribution in [0.3, 0.4) is 0 Å². The van der Waals surface area contributed by atoms with Gasteiger partial charge in [-0.05, 0) is 86.4 Å². The molecule has 5 heteroatoms. The molecule has 3 N–H and O–H groups in total. The zero-order valence-electron chi connectivity index (χ0n) is 16.1. The highest BCUT2D eigenvalue weighted by atomic mass is 16.4. The lowest BCUT2D eigenvalue weighted by molar-refractivity contribution is -0.168. The summed E-state index contributed by atoms with van der Waals surface area (Å²) < 4.78 is 0. The third kappa shape index (κ3) is 2.07. The third-order valence-electron chi connectivity index (χ3n) is 9.72. The van der Waals surface area contributed by atoms with E-state index in [1.165, 1.54) is 0 Å². The van der Waals surface area contributed by atoms with Crippen LogP contribution in [-0.2, 0) is 9.59 Å². The molecule has 0 radical (unpaired) electrons. The van der Waals surface area contributed by atoms with Crippen LogP contribution in [0.15, 0.2) is 0 Å². The number of rotatable bonds is 2. The van der Waals surface area contributed by atoms with Crippen LogP contribution in [0.1, 0.15) is 65.7 Å². The van der Waals surface area contributed by atoms with Gasteiger partial charge in [-0.15, -0.1) is 0 Å². The van der Waals surface area contributed by atoms with Crippen molar-refractivity contribution in [2.45, 2.75) is 71.3 Å². The Morgan fingerprint density at radius 1 is 0.885 bits per heavy atom. The maximum absolute atomic E-state index is 12.1. The van der Waals surface area contributed by atoms with Gasteiger partial charge in [-0.25, -0.2) is 0 Å². The molecule has 0 heterocycles. The van der Waals surface area contributed by atoms with Gasteiger partial charge in [0.1, 0.15) is 0 Å². The van der Waals surface area contributed by atoms with E-state index in [0.29, 0.717) is 18.3 Å². The highest BCUT2D eigenvalue weighted by Crippen LogP contribution is 2.70. The Morgan fingerprint density at radius 3 is 2.15 bits per heavy atom. The zero-order chi connectivity index (χ0) is 19.1. The maximum atomic E-state index is 12.1. The summed E-state index contributed by atoms with van der Waals surface area (Å²) in [5.41, 5.74) is -1.18. The van der Waals surface area contributed by atoms with E-state index < -0.39 is 34.8 Å². The van der Waals surface area contributed by atoms with Crippen molar-refractivity contribution >= 4 is 11.9 Å². The molecule has 0 aromatic rings. The molecule has 0 saturated heterocycles. The number of hydrogen-bond acceptors (Lipinski definition) is 3. The predicted octanol–water partition coefficient (Wildman–Crippen LogP) is 3.40. The predicted molar refractivity (Wildman–Crippen MR) is 95.4 cm³/mol. The van der Waals surface area contributed by atoms with Crippen LogP contribution in [0.2, 0.25) is 0 Å². The van der Waals surface area contributed by atoms with Gasteiger partial charge in [0.25, 0.3) is 0 Å². The van der Waals surface area contributed by atoms with Crippen molar-refractivity contribution in [2.75, 3.05) is 0 Å². The zero-order valence-corrected chi connectivity index (χ0v) is 16.1. The molecule has 4 rings (SSSR count). The number of carboxylic acid groups (broad SMARTS) is 2. The SMILES string of the molecule is C[C@]12C(C(=O)O)C(C(=O)O)C[C@@H]1CC[C@@H]1[C@@H]2CC[C@@]2(C)[C@H]1CC[C@]2(C)O. The van der Waals surface area contributed by atoms with E-state index in [-0.39, 0.29) is 17.3 Å². The summed E-state index contributed by atoms with van der Waals surface area (Å²) in [4.78, 5) is 23.9. The highest BCUT2D eigenvalue weighted by Gasteiger charge is 2.68. The number of hydrogen-bond donors (Lipinski definition) is 3. The first kappa shape index (κ1) is 18.3. The molecule has 5 nitrogen and oxygen atoms in total. The summed E-state index contributed by atoms with van der Waals surface area (Å²) in [6.45, 7) is 6.27. The van der Waals surface area contributed by atoms with Gasteiger partial charge in [0.2, 0.25) is 0 Å². The van der Waals surface area contributed by atoms with E-state index >= 15 is 0 Å². The van der Waals surface area contributed by atoms with Crippen molar-refractivity contribution < 1.29 is 24.9 Å². The number of carbonyl (C=O) groups is 2. The molecule has 4 fully saturated rings. The van der Waals surface area contributed by atoms with E-state index in [0.717, 1.165) is 38.5 Å². The lowest BCUT2D eigenvalue weighted by Crippen LogP contribution is -2.56. The van der Waals surface area contributed by atoms with E-state index in [2.05, 4.69) is 13.8 Å². The van der Waals surface area contributed by atoms with Crippen molar-refractivity contribution in [1.82, 2.24) is 0 Å². The number of carboxylic acids is 2. The Morgan fingerprint density at radius 2 is 1.54 bits per heavy atom. The average Bonchev–Trinajstić information content (AvgIpc) is 2.98. The van der Waals surface area contributed by atoms with E-state index in [9.17, 15) is 24.9 Å². The molecule has 4 saturated carbocycles. The van der Waals surface area contributed by atoms with Crippen LogP contribution in [0.5, 0.6) is 0 Å². The molecule has 0 spiro atoms. The Hall–Kier alpha value is -1.10. The second kappa shape index (κ2) is 5.46. The van der Waals surface area contributed by atoms with Crippen molar-refractivity contribution in [3.63, 3.8) is 0 Å². The Balaban J connectivity index is 1.73. The molecule has 2 unspecified atom stereocenters. The monoisotopic (exact) mass is 364 g/mol. The van der Waals surface area contributed by atoms with Crippen LogP contribution in [-0.4, -0.2) is 32.9 Å². The van der Waals surface area contributed by atoms with Gasteiger partial charge in [0.15, 0.2) is 0 Å². The minimum atomic E-state index is -0.950. The van der Waals surface area contributed by atoms with Gasteiger partial charge in [-0.3, -0.25) is 9.59 Å². The van der Waals surface area contributed by atoms with Crippen molar-refractivity contribution in [3.8, 4) is 0 Å². The largest absolute Gasteiger partial charge is 0.481 e. The van der Waals surface area contributed by atoms with Crippen LogP contribution in [0, 0.1) is 46.3 Å². The minimum absolute atomic E-state index is 0.0963. The fourth-order valence-electron chi connectivity index (χ4n) is 8.13. The second-order valence-corrected chi connectivity index (χ2v) is 10.3. The second-order valence-electron chi connectivity index (χ2n) is 10.3. The van der Waals surface area contributed by atoms with Gasteiger partial charge in [0, 0.05) is 0 Å². The summed E-state index contributed by atoms with van der Waals surface area (Å²) in [6.07, 6.45) is 6.14. The molecule has 0 bridgehead atoms. The molecular weight excluding hydrogens is 332 g/mol. The molecule has 4 aliphatic carbocycles. The Bertz CT molecular complexity index is 642. The van der Waals surface area contributed by atoms with Crippen molar-refractivity contribution in [2.24, 2.45) is 46.3 Å². The molecule has 4 aliphatic rings. The topological polar surface area (TPSA) is 94.8 Å². The van der Waals surface area contributed by atoms with Crippen LogP contribution < -0.4 is 0 Å². The maximum Gasteiger partial charge on any atom is 0.307 e. The van der Waals surface area contributed by atoms with Crippen LogP contribution in [0.4, 0.5) is 0 Å². The van der Waals surface area contributed by atoms with Crippen LogP contribution in [0.25, 0.3) is 0 Å². The molecule has 146 valence electrons. The molecular formula is C21H32O5. The highest BCUT2D eigenvalue weighted by molar-refractivity contribution is 5.81. The Kier molecular flexibility index (Phi) is 3.84. The van der Waals surface area contributed by atoms with Gasteiger partial charge in [0.05, 0.1) is 17.4 Å². The van der Waals surface area contributed by atoms with Crippen molar-refractivity contribution in [3.05, 3.63) is 0 Å². The summed E-state index contributed by atoms with van der Waals surface area (Å²) in [5.74, 6) is -2.14. The summed E-state index contributed by atoms with van der Waals surface area (Å²) in [5, 5.41) is 30.6. The smallest absolute Gasteiger partial charge is 0.307 e. The fraction of sp³-hybridized carbons (Fsp3) is 0.905. The number of aliphatic hydroxyl groups is 1. The van der Waals surface area contributed by atoms with Gasteiger partial charge < -0.3 is 15.3 Å². The molecule has 0 aliphatic heterocycles. The lowest BCUT2D eigenvalue weighted by atomic mass is 9.46. The molecule has 0 amide bonds. The molecule has 0 aromatic heterocycles. The number of aliphatic carboxylic acids is 2. The summed E-state index contributed by atoms with van der Waals surface area (Å²) in [6, 6.07) is 0. The van der Waals surface area contributed by atoms with E-state index in [4.69, 9.17) is 0 Å². The first-order valence-corrected chi connectivity index (χ1v) is 10.2. The average molecular weight is 364 g/mol. The fourth-order valence-corrected chi connectivity index (χ4v) is 8.13. The Labute approximate surface area is 155 Å². The summed E-state index contributed by atoms with van der Waals surface area (Å²) >= 11 is 0. The van der Waals surface area contributed by atoms with Gasteiger partial charge in [-0.1, -0.05) is 13.8 Å². The van der Waals surface area contributed by atoms with Gasteiger partial charge in [-0.2, -0.15) is 0 Å². The first-order valence-electron chi connectivity index (χ1n) is 10.2. The van der Waals surface area contributed by atoms with Crippen molar-refractivity contribution in [1.29, 1.82) is 0 Å². The first-order chi connectivity index (χ1) is 12.0. The standard InChI is InChI=1S/C21H32O5/c1-19-8-6-15-12(14(19)7-9-20(19,2)26)5-4-11-10-13(17(22)23)16(18(24)25)21(11,15)3/h11-16,26H,4-10H2,1-3H3,(H,22,23)(H,24,25)/t11-,12-,13?,14-,15-,16?,19-,20-,21-/m0/s1. The molecule has 0 aromatic carbocycles. The van der Waals surface area contributed by atoms with Gasteiger partial charge >= 0.3 is 11.9 Å². The van der Waals surface area contributed by atoms with Crippen LogP contribution >= 0.6 is 0 Å². The molecule has 9 atom stereocenters. The molecule has 26 heavy (non-hydrogen) atoms. The van der Waals surface area contributed by atoms with E-state index in [1.807, 2.05) is 6.92 Å². The number of fused-ring (bicyclic) bond motifs is 5. The summed E-state index contributed by atoms with van der Waals surface area (Å²) in [7, 11) is 0. The quantitative estimate of drug-likeness (QED) is 0.698. The third-order valence-corrected chi connectivity index (χ3v) is 9.72. The minimum Gasteiger partial charge on any atom is -0.481 e. The lowest BCUT2D eigenvalue weighted by Gasteiger charge is -2.59. The normalized spacial score (nSPS) is 55.7. The van der Waals surface area contributed by atoms with E-state index in [1.54, 1.807) is 0 Å².